The number of anilines is 1. The molecule has 0 bridgehead atoms. The van der Waals surface area contributed by atoms with Crippen LogP contribution in [0.4, 0.5) is 5.82 Å². The highest BCUT2D eigenvalue weighted by molar-refractivity contribution is 5.88. The molecule has 4 heteroatoms. The number of pyridine rings is 1. The second-order valence-electron chi connectivity index (χ2n) is 6.75. The molecule has 1 saturated heterocycles. The zero-order valence-corrected chi connectivity index (χ0v) is 12.7. The highest BCUT2D eigenvalue weighted by Crippen LogP contribution is 2.46. The molecule has 1 saturated carbocycles. The minimum Gasteiger partial charge on any atom is -0.478 e. The summed E-state index contributed by atoms with van der Waals surface area (Å²) in [4.78, 5) is 18.1. The number of fused-ring (bicyclic) bond motifs is 1. The number of rotatable bonds is 4. The summed E-state index contributed by atoms with van der Waals surface area (Å²) < 4.78 is 0. The van der Waals surface area contributed by atoms with Crippen LogP contribution in [0.1, 0.15) is 24.1 Å². The molecule has 1 aliphatic heterocycles. The molecule has 22 heavy (non-hydrogen) atoms. The van der Waals surface area contributed by atoms with Crippen LogP contribution in [0.15, 0.2) is 35.4 Å². The van der Waals surface area contributed by atoms with E-state index in [0.717, 1.165) is 48.4 Å². The van der Waals surface area contributed by atoms with E-state index >= 15 is 0 Å². The predicted octanol–water partition coefficient (Wildman–Crippen LogP) is 2.73. The maximum absolute atomic E-state index is 11.0. The fourth-order valence-electron chi connectivity index (χ4n) is 3.62. The van der Waals surface area contributed by atoms with Crippen LogP contribution in [-0.4, -0.2) is 29.1 Å². The Balaban J connectivity index is 1.44. The Morgan fingerprint density at radius 3 is 2.73 bits per heavy atom. The molecule has 3 aliphatic rings. The van der Waals surface area contributed by atoms with Gasteiger partial charge in [0.1, 0.15) is 5.82 Å². The molecular weight excluding hydrogens is 276 g/mol. The van der Waals surface area contributed by atoms with Gasteiger partial charge < -0.3 is 10.0 Å². The molecule has 1 aromatic rings. The van der Waals surface area contributed by atoms with E-state index in [0.29, 0.717) is 12.0 Å². The summed E-state index contributed by atoms with van der Waals surface area (Å²) in [6, 6.07) is 4.27. The Morgan fingerprint density at radius 2 is 2.09 bits per heavy atom. The van der Waals surface area contributed by atoms with Crippen molar-refractivity contribution in [3.63, 3.8) is 0 Å². The van der Waals surface area contributed by atoms with Crippen molar-refractivity contribution in [2.24, 2.45) is 11.8 Å². The van der Waals surface area contributed by atoms with E-state index < -0.39 is 5.97 Å². The number of piperidine rings is 1. The lowest BCUT2D eigenvalue weighted by atomic mass is 10.0. The quantitative estimate of drug-likeness (QED) is 0.928. The highest BCUT2D eigenvalue weighted by Gasteiger charge is 2.45. The maximum atomic E-state index is 11.0. The van der Waals surface area contributed by atoms with Crippen LogP contribution in [0.2, 0.25) is 0 Å². The summed E-state index contributed by atoms with van der Waals surface area (Å²) >= 11 is 0. The lowest BCUT2D eigenvalue weighted by Gasteiger charge is -2.20. The van der Waals surface area contributed by atoms with E-state index in [1.807, 2.05) is 6.08 Å². The Hall–Kier alpha value is -2.10. The molecule has 2 atom stereocenters. The first-order valence-electron chi connectivity index (χ1n) is 7.93. The van der Waals surface area contributed by atoms with Crippen molar-refractivity contribution >= 4 is 11.8 Å². The average Bonchev–Trinajstić information content (AvgIpc) is 2.89. The molecule has 4 rings (SSSR count). The number of aliphatic carboxylic acids is 1. The average molecular weight is 296 g/mol. The number of carboxylic acid groups (broad SMARTS) is 1. The molecule has 2 heterocycles. The Bertz CT molecular complexity index is 695. The molecule has 2 aliphatic carbocycles. The molecule has 0 amide bonds. The molecule has 0 radical (unpaired) electrons. The second kappa shape index (κ2) is 4.97. The van der Waals surface area contributed by atoms with Gasteiger partial charge in [0.2, 0.25) is 0 Å². The van der Waals surface area contributed by atoms with Crippen LogP contribution in [0.3, 0.4) is 0 Å². The third kappa shape index (κ3) is 2.43. The molecule has 0 aromatic carbocycles. The number of hydrogen-bond acceptors (Lipinski definition) is 3. The lowest BCUT2D eigenvalue weighted by molar-refractivity contribution is -0.132. The monoisotopic (exact) mass is 296 g/mol. The molecule has 0 spiro atoms. The fraction of sp³-hybridized carbons (Fsp3) is 0.444. The third-order valence-corrected chi connectivity index (χ3v) is 5.11. The van der Waals surface area contributed by atoms with Crippen molar-refractivity contribution in [1.82, 2.24) is 4.98 Å². The largest absolute Gasteiger partial charge is 0.478 e. The number of aromatic nitrogens is 1. The Kier molecular flexibility index (Phi) is 3.06. The number of hydrogen-bond donors (Lipinski definition) is 1. The van der Waals surface area contributed by atoms with Gasteiger partial charge in [-0.05, 0) is 43.2 Å². The summed E-state index contributed by atoms with van der Waals surface area (Å²) in [7, 11) is 0. The van der Waals surface area contributed by atoms with Gasteiger partial charge in [0.05, 0.1) is 0 Å². The van der Waals surface area contributed by atoms with Gasteiger partial charge in [0.15, 0.2) is 0 Å². The first kappa shape index (κ1) is 13.6. The topological polar surface area (TPSA) is 53.4 Å². The van der Waals surface area contributed by atoms with Crippen LogP contribution in [0.25, 0.3) is 0 Å². The summed E-state index contributed by atoms with van der Waals surface area (Å²) in [5.41, 5.74) is 3.88. The maximum Gasteiger partial charge on any atom is 0.331 e. The van der Waals surface area contributed by atoms with Gasteiger partial charge in [-0.2, -0.15) is 0 Å². The lowest BCUT2D eigenvalue weighted by Crippen LogP contribution is -2.23. The minimum absolute atomic E-state index is 0.480. The number of allylic oxidation sites excluding steroid dienone is 3. The first-order valence-corrected chi connectivity index (χ1v) is 7.93. The van der Waals surface area contributed by atoms with Crippen LogP contribution < -0.4 is 4.90 Å². The van der Waals surface area contributed by atoms with Crippen molar-refractivity contribution in [3.05, 3.63) is 46.7 Å². The number of nitrogens with zero attached hydrogens (tertiary/aromatic N) is 2. The van der Waals surface area contributed by atoms with E-state index in [1.165, 1.54) is 12.0 Å². The van der Waals surface area contributed by atoms with E-state index in [1.54, 1.807) is 6.08 Å². The molecule has 114 valence electrons. The van der Waals surface area contributed by atoms with E-state index in [4.69, 9.17) is 10.1 Å². The molecule has 4 nitrogen and oxygen atoms in total. The van der Waals surface area contributed by atoms with Gasteiger partial charge in [0.25, 0.3) is 0 Å². The van der Waals surface area contributed by atoms with Crippen LogP contribution in [0.5, 0.6) is 0 Å². The molecule has 2 unspecified atom stereocenters. The number of carbonyl (C=O) groups is 1. The van der Waals surface area contributed by atoms with E-state index in [-0.39, 0.29) is 0 Å². The molecule has 2 fully saturated rings. The SMILES string of the molecule is Cc1nc(N2CC3CC3C2)ccc1CC1=CC=C(C(=O)O)C1. The van der Waals surface area contributed by atoms with Crippen molar-refractivity contribution in [1.29, 1.82) is 0 Å². The number of aryl methyl sites for hydroxylation is 1. The van der Waals surface area contributed by atoms with Crippen LogP contribution in [0, 0.1) is 18.8 Å². The Morgan fingerprint density at radius 1 is 1.32 bits per heavy atom. The first-order chi connectivity index (χ1) is 10.6. The van der Waals surface area contributed by atoms with Gasteiger partial charge in [-0.15, -0.1) is 0 Å². The van der Waals surface area contributed by atoms with Gasteiger partial charge in [0, 0.05) is 30.8 Å². The zero-order valence-electron chi connectivity index (χ0n) is 12.7. The standard InChI is InChI=1S/C18H20N2O2/c1-11-13(6-12-2-3-14(7-12)18(21)22)4-5-17(19-11)20-9-15-8-16(15)10-20/h2-5,15-16H,6-10H2,1H3,(H,21,22). The van der Waals surface area contributed by atoms with E-state index in [2.05, 4.69) is 24.0 Å². The van der Waals surface area contributed by atoms with Crippen molar-refractivity contribution < 1.29 is 9.90 Å². The van der Waals surface area contributed by atoms with Crippen molar-refractivity contribution in [2.45, 2.75) is 26.2 Å². The summed E-state index contributed by atoms with van der Waals surface area (Å²) in [5, 5.41) is 9.01. The molecule has 1 N–H and O–H groups in total. The van der Waals surface area contributed by atoms with Crippen molar-refractivity contribution in [2.75, 3.05) is 18.0 Å². The zero-order chi connectivity index (χ0) is 15.3. The normalized spacial score (nSPS) is 25.8. The summed E-state index contributed by atoms with van der Waals surface area (Å²) in [6.45, 7) is 4.37. The van der Waals surface area contributed by atoms with Gasteiger partial charge in [-0.1, -0.05) is 23.8 Å². The Labute approximate surface area is 130 Å². The smallest absolute Gasteiger partial charge is 0.331 e. The molecular formula is C18H20N2O2. The third-order valence-electron chi connectivity index (χ3n) is 5.11. The summed E-state index contributed by atoms with van der Waals surface area (Å²) in [5.74, 6) is 2.10. The predicted molar refractivity (Wildman–Crippen MR) is 84.9 cm³/mol. The van der Waals surface area contributed by atoms with Gasteiger partial charge in [-0.25, -0.2) is 9.78 Å². The van der Waals surface area contributed by atoms with Crippen LogP contribution >= 0.6 is 0 Å². The number of carboxylic acids is 1. The highest BCUT2D eigenvalue weighted by atomic mass is 16.4. The summed E-state index contributed by atoms with van der Waals surface area (Å²) in [6.07, 6.45) is 6.39. The van der Waals surface area contributed by atoms with Gasteiger partial charge >= 0.3 is 5.97 Å². The van der Waals surface area contributed by atoms with Crippen molar-refractivity contribution in [3.8, 4) is 0 Å². The second-order valence-corrected chi connectivity index (χ2v) is 6.75. The fourth-order valence-corrected chi connectivity index (χ4v) is 3.62. The van der Waals surface area contributed by atoms with Gasteiger partial charge in [-0.3, -0.25) is 0 Å². The minimum atomic E-state index is -0.816. The molecule has 1 aromatic heterocycles. The van der Waals surface area contributed by atoms with E-state index in [9.17, 15) is 4.79 Å². The van der Waals surface area contributed by atoms with Crippen LogP contribution in [-0.2, 0) is 11.2 Å².